The van der Waals surface area contributed by atoms with Crippen LogP contribution in [-0.2, 0) is 33.9 Å². The first-order valence-electron chi connectivity index (χ1n) is 18.7. The van der Waals surface area contributed by atoms with Crippen molar-refractivity contribution < 1.29 is 25.8 Å². The van der Waals surface area contributed by atoms with E-state index >= 15 is 0 Å². The van der Waals surface area contributed by atoms with Crippen molar-refractivity contribution in [3.8, 4) is 34.1 Å². The summed E-state index contributed by atoms with van der Waals surface area (Å²) in [5.74, 6) is 2.89. The van der Waals surface area contributed by atoms with Crippen LogP contribution >= 0.6 is 0 Å². The van der Waals surface area contributed by atoms with Crippen molar-refractivity contribution in [2.75, 3.05) is 0 Å². The maximum Gasteiger partial charge on any atom is 2.00 e. The van der Waals surface area contributed by atoms with Gasteiger partial charge in [-0.05, 0) is 97.3 Å². The van der Waals surface area contributed by atoms with E-state index in [0.717, 1.165) is 74.8 Å². The van der Waals surface area contributed by atoms with Crippen LogP contribution < -0.4 is 4.74 Å². The number of unbranched alkanes of at least 4 members (excludes halogenated alkanes) is 1. The van der Waals surface area contributed by atoms with E-state index in [1.165, 1.54) is 35.8 Å². The molecule has 0 saturated carbocycles. The first-order valence-corrected chi connectivity index (χ1v) is 18.7. The summed E-state index contributed by atoms with van der Waals surface area (Å²) in [6.07, 6.45) is 7.56. The molecule has 5 nitrogen and oxygen atoms in total. The topological polar surface area (TPSA) is 44.9 Å². The molecule has 0 unspecified atom stereocenters. The van der Waals surface area contributed by atoms with Gasteiger partial charge in [0.2, 0.25) is 0 Å². The predicted octanol–water partition coefficient (Wildman–Crippen LogP) is 12.3. The molecule has 3 heterocycles. The molecular formula is C47H50N4OPt. The number of benzene rings is 4. The quantitative estimate of drug-likeness (QED) is 0.0960. The zero-order chi connectivity index (χ0) is 36.6. The van der Waals surface area contributed by atoms with Crippen LogP contribution in [0.2, 0.25) is 0 Å². The molecule has 0 radical (unpaired) electrons. The third-order valence-corrected chi connectivity index (χ3v) is 9.77. The summed E-state index contributed by atoms with van der Waals surface area (Å²) in [5.41, 5.74) is 11.1. The van der Waals surface area contributed by atoms with Crippen LogP contribution in [0.3, 0.4) is 0 Å². The minimum atomic E-state index is 0. The fourth-order valence-electron chi connectivity index (χ4n) is 7.43. The maximum atomic E-state index is 6.70. The Kier molecular flexibility index (Phi) is 11.5. The number of aromatic nitrogens is 4. The number of aryl methyl sites for hydroxylation is 3. The van der Waals surface area contributed by atoms with Gasteiger partial charge in [-0.2, -0.15) is 16.7 Å². The van der Waals surface area contributed by atoms with Gasteiger partial charge in [0, 0.05) is 34.5 Å². The molecule has 0 bridgehead atoms. The van der Waals surface area contributed by atoms with Gasteiger partial charge in [-0.1, -0.05) is 95.4 Å². The molecule has 3 aromatic heterocycles. The smallest absolute Gasteiger partial charge is 0.509 e. The summed E-state index contributed by atoms with van der Waals surface area (Å²) in [5, 5.41) is 7.36. The molecule has 0 atom stereocenters. The van der Waals surface area contributed by atoms with Crippen LogP contribution in [0.15, 0.2) is 91.1 Å². The number of hydrogen-bond acceptors (Lipinski definition) is 3. The van der Waals surface area contributed by atoms with E-state index in [1.54, 1.807) is 0 Å². The van der Waals surface area contributed by atoms with Gasteiger partial charge in [-0.25, -0.2) is 4.98 Å². The molecule has 0 aliphatic heterocycles. The zero-order valence-corrected chi connectivity index (χ0v) is 34.6. The third-order valence-electron chi connectivity index (χ3n) is 9.77. The van der Waals surface area contributed by atoms with E-state index < -0.39 is 0 Å². The monoisotopic (exact) mass is 881 g/mol. The molecule has 7 rings (SSSR count). The molecule has 7 aromatic rings. The van der Waals surface area contributed by atoms with Gasteiger partial charge in [0.1, 0.15) is 5.82 Å². The summed E-state index contributed by atoms with van der Waals surface area (Å²) in [6.45, 7) is 17.7. The Bertz CT molecular complexity index is 2360. The number of hydrogen-bond donors (Lipinski definition) is 0. The Morgan fingerprint density at radius 3 is 2.32 bits per heavy atom. The van der Waals surface area contributed by atoms with E-state index in [9.17, 15) is 0 Å². The second-order valence-corrected chi connectivity index (χ2v) is 16.0. The molecule has 0 amide bonds. The predicted molar refractivity (Wildman–Crippen MR) is 215 cm³/mol. The molecule has 0 aliphatic rings. The van der Waals surface area contributed by atoms with E-state index in [0.29, 0.717) is 11.5 Å². The van der Waals surface area contributed by atoms with Gasteiger partial charge in [0.15, 0.2) is 0 Å². The number of fused-ring (bicyclic) bond motifs is 3. The van der Waals surface area contributed by atoms with Crippen molar-refractivity contribution in [2.45, 2.75) is 87.5 Å². The first-order chi connectivity index (χ1) is 24.9. The first kappa shape index (κ1) is 38.3. The van der Waals surface area contributed by atoms with Crippen molar-refractivity contribution in [2.24, 2.45) is 11.3 Å². The summed E-state index contributed by atoms with van der Waals surface area (Å²) in [4.78, 5) is 4.81. The van der Waals surface area contributed by atoms with Crippen molar-refractivity contribution in [1.29, 1.82) is 0 Å². The van der Waals surface area contributed by atoms with E-state index in [-0.39, 0.29) is 26.5 Å². The number of pyridine rings is 1. The Morgan fingerprint density at radius 2 is 1.58 bits per heavy atom. The summed E-state index contributed by atoms with van der Waals surface area (Å²) >= 11 is 0. The second kappa shape index (κ2) is 15.9. The maximum absolute atomic E-state index is 6.70. The van der Waals surface area contributed by atoms with Gasteiger partial charge >= 0.3 is 21.1 Å². The Labute approximate surface area is 329 Å². The number of nitrogens with zero attached hydrogens (tertiary/aromatic N) is 4. The largest absolute Gasteiger partial charge is 2.00 e. The molecular weight excluding hydrogens is 832 g/mol. The number of rotatable bonds is 11. The van der Waals surface area contributed by atoms with Gasteiger partial charge in [-0.3, -0.25) is 4.68 Å². The molecule has 0 spiro atoms. The molecule has 0 fully saturated rings. The summed E-state index contributed by atoms with van der Waals surface area (Å²) in [6, 6.07) is 37.3. The molecule has 0 aliphatic carbocycles. The molecule has 274 valence electrons. The molecule has 0 N–H and O–H groups in total. The van der Waals surface area contributed by atoms with Crippen LogP contribution in [0.4, 0.5) is 0 Å². The molecule has 53 heavy (non-hydrogen) atoms. The molecule has 4 aromatic carbocycles. The van der Waals surface area contributed by atoms with Crippen molar-refractivity contribution in [1.82, 2.24) is 19.3 Å². The van der Waals surface area contributed by atoms with Crippen LogP contribution in [0.1, 0.15) is 82.0 Å². The number of ether oxygens (including phenoxy) is 1. The molecule has 0 saturated heterocycles. The summed E-state index contributed by atoms with van der Waals surface area (Å²) in [7, 11) is 0. The minimum Gasteiger partial charge on any atom is -0.509 e. The third kappa shape index (κ3) is 8.52. The van der Waals surface area contributed by atoms with Crippen molar-refractivity contribution >= 4 is 21.8 Å². The Morgan fingerprint density at radius 1 is 0.792 bits per heavy atom. The van der Waals surface area contributed by atoms with Crippen LogP contribution in [-0.4, -0.2) is 19.3 Å². The van der Waals surface area contributed by atoms with Crippen molar-refractivity contribution in [3.63, 3.8) is 0 Å². The van der Waals surface area contributed by atoms with E-state index in [2.05, 4.69) is 139 Å². The standard InChI is InChI=1S/C47H50N4O.Pt/c1-31(2)14-12-13-15-35-18-21-43-42(27-35)41-20-19-39(29-44(41)50(43)45-24-32(3)22-23-48-45)52-40-26-36(30-47(6,7)8)25-38(28-40)51-34(5)46(33(4)49-51)37-16-10-9-11-17-37;/h9-11,16-27,31H,12-15,30H2,1-8H3;/q-2;+2. The summed E-state index contributed by atoms with van der Waals surface area (Å²) < 4.78 is 10.9. The van der Waals surface area contributed by atoms with E-state index in [1.807, 2.05) is 29.1 Å². The van der Waals surface area contributed by atoms with Gasteiger partial charge in [-0.15, -0.1) is 35.7 Å². The van der Waals surface area contributed by atoms with Gasteiger partial charge in [0.25, 0.3) is 0 Å². The average Bonchev–Trinajstić information content (AvgIpc) is 3.58. The molecule has 6 heteroatoms. The van der Waals surface area contributed by atoms with E-state index in [4.69, 9.17) is 14.8 Å². The fraction of sp³-hybridized carbons (Fsp3) is 0.319. The average molecular weight is 882 g/mol. The second-order valence-electron chi connectivity index (χ2n) is 16.0. The van der Waals surface area contributed by atoms with Gasteiger partial charge < -0.3 is 9.30 Å². The minimum absolute atomic E-state index is 0. The van der Waals surface area contributed by atoms with Crippen molar-refractivity contribution in [3.05, 3.63) is 131 Å². The van der Waals surface area contributed by atoms with Gasteiger partial charge in [0.05, 0.1) is 5.69 Å². The normalized spacial score (nSPS) is 11.8. The van der Waals surface area contributed by atoms with Crippen LogP contribution in [0.25, 0.3) is 44.4 Å². The fourth-order valence-corrected chi connectivity index (χ4v) is 7.43. The van der Waals surface area contributed by atoms with Crippen LogP contribution in [0, 0.1) is 44.2 Å². The SMILES string of the molecule is Cc1ccnc(-n2c3[c-]c(Oc4[c-]c(-n5nc(C)c(-c6ccccc6)c5C)cc(CC(C)(C)C)c4)ccc3c3cc(CCCCC(C)C)ccc32)c1.[Pt+2]. The Hall–Kier alpha value is -4.47. The van der Waals surface area contributed by atoms with Crippen LogP contribution in [0.5, 0.6) is 11.5 Å². The Balaban J connectivity index is 0.00000481. The zero-order valence-electron chi connectivity index (χ0n) is 32.3.